The summed E-state index contributed by atoms with van der Waals surface area (Å²) in [5, 5.41) is 0.776. The Morgan fingerprint density at radius 3 is 2.70 bits per heavy atom. The molecule has 2 N–H and O–H groups in total. The van der Waals surface area contributed by atoms with Crippen LogP contribution in [0.2, 0.25) is 5.02 Å². The number of methoxy groups -OCH3 is 1. The van der Waals surface area contributed by atoms with Gasteiger partial charge in [-0.3, -0.25) is 4.90 Å². The number of nitrogens with zero attached hydrogens (tertiary/aromatic N) is 1. The van der Waals surface area contributed by atoms with Crippen LogP contribution in [0.1, 0.15) is 23.5 Å². The molecule has 3 rings (SSSR count). The molecule has 4 heteroatoms. The van der Waals surface area contributed by atoms with Crippen LogP contribution in [0, 0.1) is 0 Å². The second-order valence-electron chi connectivity index (χ2n) is 6.29. The molecular formula is C19H23ClN2O. The van der Waals surface area contributed by atoms with E-state index in [1.54, 1.807) is 7.11 Å². The smallest absolute Gasteiger partial charge is 0.119 e. The zero-order chi connectivity index (χ0) is 16.2. The molecule has 0 aliphatic carbocycles. The molecule has 122 valence electrons. The fourth-order valence-corrected chi connectivity index (χ4v) is 3.47. The standard InChI is InChI=1S/C19H23ClN2O/c1-23-19-4-2-3-15(10-19)16-9-18(21)13-22(12-16)11-14-5-7-17(20)8-6-14/h2-8,10,16,18H,9,11-13,21H2,1H3. The summed E-state index contributed by atoms with van der Waals surface area (Å²) in [6.07, 6.45) is 1.02. The van der Waals surface area contributed by atoms with E-state index in [2.05, 4.69) is 35.2 Å². The molecule has 0 bridgehead atoms. The first-order valence-electron chi connectivity index (χ1n) is 8.00. The van der Waals surface area contributed by atoms with Gasteiger partial charge in [-0.15, -0.1) is 0 Å². The van der Waals surface area contributed by atoms with Gasteiger partial charge in [-0.05, 0) is 47.7 Å². The number of ether oxygens (including phenoxy) is 1. The van der Waals surface area contributed by atoms with Crippen LogP contribution in [0.25, 0.3) is 0 Å². The summed E-state index contributed by atoms with van der Waals surface area (Å²) >= 11 is 5.96. The van der Waals surface area contributed by atoms with E-state index in [1.165, 1.54) is 11.1 Å². The van der Waals surface area contributed by atoms with Gasteiger partial charge >= 0.3 is 0 Å². The maximum absolute atomic E-state index is 6.31. The van der Waals surface area contributed by atoms with Crippen molar-refractivity contribution in [1.82, 2.24) is 4.90 Å². The van der Waals surface area contributed by atoms with Crippen LogP contribution < -0.4 is 10.5 Å². The van der Waals surface area contributed by atoms with Crippen molar-refractivity contribution in [2.24, 2.45) is 5.73 Å². The Labute approximate surface area is 143 Å². The quantitative estimate of drug-likeness (QED) is 0.929. The molecule has 0 radical (unpaired) electrons. The van der Waals surface area contributed by atoms with Crippen LogP contribution in [0.15, 0.2) is 48.5 Å². The van der Waals surface area contributed by atoms with Crippen LogP contribution in [0.4, 0.5) is 0 Å². The summed E-state index contributed by atoms with van der Waals surface area (Å²) < 4.78 is 5.35. The highest BCUT2D eigenvalue weighted by Gasteiger charge is 2.26. The number of hydrogen-bond donors (Lipinski definition) is 1. The molecule has 2 atom stereocenters. The zero-order valence-electron chi connectivity index (χ0n) is 13.4. The van der Waals surface area contributed by atoms with E-state index in [0.29, 0.717) is 5.92 Å². The van der Waals surface area contributed by atoms with Crippen LogP contribution in [0.3, 0.4) is 0 Å². The Morgan fingerprint density at radius 1 is 1.17 bits per heavy atom. The molecule has 0 spiro atoms. The van der Waals surface area contributed by atoms with Crippen molar-refractivity contribution in [1.29, 1.82) is 0 Å². The van der Waals surface area contributed by atoms with Gasteiger partial charge in [-0.1, -0.05) is 35.9 Å². The van der Waals surface area contributed by atoms with Gasteiger partial charge in [-0.25, -0.2) is 0 Å². The third-order valence-corrected chi connectivity index (χ3v) is 4.70. The summed E-state index contributed by atoms with van der Waals surface area (Å²) in [4.78, 5) is 2.43. The van der Waals surface area contributed by atoms with Gasteiger partial charge in [0.15, 0.2) is 0 Å². The third-order valence-electron chi connectivity index (χ3n) is 4.44. The van der Waals surface area contributed by atoms with Gasteiger partial charge in [0.25, 0.3) is 0 Å². The Morgan fingerprint density at radius 2 is 1.96 bits per heavy atom. The summed E-state index contributed by atoms with van der Waals surface area (Å²) in [5.41, 5.74) is 8.88. The molecule has 0 amide bonds. The third kappa shape index (κ3) is 4.25. The number of benzene rings is 2. The first kappa shape index (κ1) is 16.3. The minimum atomic E-state index is 0.201. The van der Waals surface area contributed by atoms with Gasteiger partial charge in [-0.2, -0.15) is 0 Å². The molecule has 1 aliphatic heterocycles. The average molecular weight is 331 g/mol. The SMILES string of the molecule is COc1cccc(C2CC(N)CN(Cc3ccc(Cl)cc3)C2)c1. The molecule has 2 aromatic rings. The largest absolute Gasteiger partial charge is 0.497 e. The van der Waals surface area contributed by atoms with Gasteiger partial charge in [0.1, 0.15) is 5.75 Å². The lowest BCUT2D eigenvalue weighted by Gasteiger charge is -2.36. The first-order chi connectivity index (χ1) is 11.1. The second kappa shape index (κ2) is 7.35. The summed E-state index contributed by atoms with van der Waals surface area (Å²) in [7, 11) is 1.71. The van der Waals surface area contributed by atoms with Crippen molar-refractivity contribution in [3.05, 3.63) is 64.7 Å². The number of halogens is 1. The number of rotatable bonds is 4. The van der Waals surface area contributed by atoms with Crippen molar-refractivity contribution in [3.63, 3.8) is 0 Å². The van der Waals surface area contributed by atoms with E-state index >= 15 is 0 Å². The highest BCUT2D eigenvalue weighted by molar-refractivity contribution is 6.30. The molecule has 2 aromatic carbocycles. The topological polar surface area (TPSA) is 38.5 Å². The van der Waals surface area contributed by atoms with Crippen molar-refractivity contribution in [2.45, 2.75) is 24.9 Å². The Balaban J connectivity index is 1.72. The van der Waals surface area contributed by atoms with E-state index in [-0.39, 0.29) is 6.04 Å². The van der Waals surface area contributed by atoms with Crippen molar-refractivity contribution >= 4 is 11.6 Å². The molecule has 0 saturated carbocycles. The van der Waals surface area contributed by atoms with Gasteiger partial charge in [0.2, 0.25) is 0 Å². The summed E-state index contributed by atoms with van der Waals surface area (Å²) in [6.45, 7) is 2.86. The van der Waals surface area contributed by atoms with Crippen LogP contribution in [0.5, 0.6) is 5.75 Å². The average Bonchev–Trinajstić information content (AvgIpc) is 2.56. The molecule has 1 heterocycles. The van der Waals surface area contributed by atoms with Crippen molar-refractivity contribution in [2.75, 3.05) is 20.2 Å². The van der Waals surface area contributed by atoms with E-state index in [1.807, 2.05) is 18.2 Å². The lowest BCUT2D eigenvalue weighted by atomic mass is 9.88. The van der Waals surface area contributed by atoms with E-state index in [9.17, 15) is 0 Å². The number of piperidine rings is 1. The molecule has 0 aromatic heterocycles. The number of likely N-dealkylation sites (tertiary alicyclic amines) is 1. The summed E-state index contributed by atoms with van der Waals surface area (Å²) in [5.74, 6) is 1.35. The molecule has 1 fully saturated rings. The lowest BCUT2D eigenvalue weighted by molar-refractivity contribution is 0.181. The molecule has 1 saturated heterocycles. The molecule has 3 nitrogen and oxygen atoms in total. The van der Waals surface area contributed by atoms with Crippen molar-refractivity contribution < 1.29 is 4.74 Å². The van der Waals surface area contributed by atoms with Crippen molar-refractivity contribution in [3.8, 4) is 5.75 Å². The Hall–Kier alpha value is -1.55. The normalized spacial score (nSPS) is 22.0. The predicted molar refractivity (Wildman–Crippen MR) is 95.1 cm³/mol. The fraction of sp³-hybridized carbons (Fsp3) is 0.368. The number of hydrogen-bond acceptors (Lipinski definition) is 3. The van der Waals surface area contributed by atoms with E-state index < -0.39 is 0 Å². The lowest BCUT2D eigenvalue weighted by Crippen LogP contribution is -2.45. The molecular weight excluding hydrogens is 308 g/mol. The second-order valence-corrected chi connectivity index (χ2v) is 6.73. The van der Waals surface area contributed by atoms with Crippen LogP contribution in [-0.4, -0.2) is 31.1 Å². The van der Waals surface area contributed by atoms with Gasteiger partial charge < -0.3 is 10.5 Å². The maximum Gasteiger partial charge on any atom is 0.119 e. The van der Waals surface area contributed by atoms with Gasteiger partial charge in [0, 0.05) is 30.7 Å². The Bertz CT molecular complexity index is 644. The van der Waals surface area contributed by atoms with E-state index in [4.69, 9.17) is 22.1 Å². The minimum Gasteiger partial charge on any atom is -0.497 e. The van der Waals surface area contributed by atoms with Gasteiger partial charge in [0.05, 0.1) is 7.11 Å². The highest BCUT2D eigenvalue weighted by atomic mass is 35.5. The maximum atomic E-state index is 6.31. The van der Waals surface area contributed by atoms with E-state index in [0.717, 1.165) is 36.8 Å². The summed E-state index contributed by atoms with van der Waals surface area (Å²) in [6, 6.07) is 16.6. The molecule has 1 aliphatic rings. The first-order valence-corrected chi connectivity index (χ1v) is 8.38. The molecule has 2 unspecified atom stereocenters. The highest BCUT2D eigenvalue weighted by Crippen LogP contribution is 2.29. The molecule has 23 heavy (non-hydrogen) atoms. The number of nitrogens with two attached hydrogens (primary N) is 1. The Kier molecular flexibility index (Phi) is 5.21. The van der Waals surface area contributed by atoms with Crippen LogP contribution in [-0.2, 0) is 6.54 Å². The fourth-order valence-electron chi connectivity index (χ4n) is 3.35. The monoisotopic (exact) mass is 330 g/mol. The van der Waals surface area contributed by atoms with Crippen LogP contribution >= 0.6 is 11.6 Å². The predicted octanol–water partition coefficient (Wildman–Crippen LogP) is 3.67. The zero-order valence-corrected chi connectivity index (χ0v) is 14.2. The minimum absolute atomic E-state index is 0.201.